The molecule has 0 aliphatic carbocycles. The Morgan fingerprint density at radius 2 is 2.00 bits per heavy atom. The van der Waals surface area contributed by atoms with Gasteiger partial charge in [-0.25, -0.2) is 0 Å². The van der Waals surface area contributed by atoms with Crippen molar-refractivity contribution in [1.29, 1.82) is 0 Å². The summed E-state index contributed by atoms with van der Waals surface area (Å²) < 4.78 is 1.10. The molecule has 0 atom stereocenters. The molecule has 0 N–H and O–H groups in total. The number of hydrogen-bond acceptors (Lipinski definition) is 1. The minimum Gasteiger partial charge on any atom is -0.377 e. The molecule has 0 aromatic heterocycles. The zero-order chi connectivity index (χ0) is 10.0. The van der Waals surface area contributed by atoms with Gasteiger partial charge in [-0.1, -0.05) is 28.6 Å². The molecule has 1 aromatic carbocycles. The second kappa shape index (κ2) is 3.97. The van der Waals surface area contributed by atoms with E-state index in [1.54, 1.807) is 0 Å². The van der Waals surface area contributed by atoms with Crippen LogP contribution in [0.25, 0.3) is 5.57 Å². The van der Waals surface area contributed by atoms with E-state index in [2.05, 4.69) is 39.5 Å². The van der Waals surface area contributed by atoms with Crippen LogP contribution in [0.2, 0.25) is 0 Å². The summed E-state index contributed by atoms with van der Waals surface area (Å²) in [5.41, 5.74) is 3.49. The number of allylic oxidation sites excluding steroid dienone is 1. The van der Waals surface area contributed by atoms with Gasteiger partial charge in [-0.3, -0.25) is 0 Å². The van der Waals surface area contributed by atoms with Crippen LogP contribution in [0.4, 0.5) is 5.69 Å². The highest BCUT2D eigenvalue weighted by Crippen LogP contribution is 2.27. The summed E-state index contributed by atoms with van der Waals surface area (Å²) in [6.07, 6.45) is 0. The van der Waals surface area contributed by atoms with E-state index >= 15 is 0 Å². The zero-order valence-electron chi connectivity index (χ0n) is 8.26. The highest BCUT2D eigenvalue weighted by Gasteiger charge is 2.04. The first-order valence-corrected chi connectivity index (χ1v) is 4.94. The van der Waals surface area contributed by atoms with Crippen LogP contribution < -0.4 is 4.90 Å². The van der Waals surface area contributed by atoms with Crippen molar-refractivity contribution in [3.05, 3.63) is 34.8 Å². The molecule has 1 nitrogen and oxygen atoms in total. The Labute approximate surface area is 88.2 Å². The zero-order valence-corrected chi connectivity index (χ0v) is 9.85. The maximum absolute atomic E-state index is 3.96. The molecule has 0 unspecified atom stereocenters. The lowest BCUT2D eigenvalue weighted by atomic mass is 10.1. The van der Waals surface area contributed by atoms with Gasteiger partial charge >= 0.3 is 0 Å². The Hall–Kier alpha value is -0.760. The third-order valence-electron chi connectivity index (χ3n) is 1.90. The molecule has 0 fully saturated rings. The molecule has 1 rings (SSSR count). The normalized spacial score (nSPS) is 9.85. The fourth-order valence-electron chi connectivity index (χ4n) is 1.24. The van der Waals surface area contributed by atoms with Gasteiger partial charge < -0.3 is 4.90 Å². The van der Waals surface area contributed by atoms with E-state index in [1.807, 2.05) is 27.1 Å². The third-order valence-corrected chi connectivity index (χ3v) is 2.39. The summed E-state index contributed by atoms with van der Waals surface area (Å²) in [7, 11) is 4.07. The summed E-state index contributed by atoms with van der Waals surface area (Å²) in [5, 5.41) is 0. The summed E-state index contributed by atoms with van der Waals surface area (Å²) in [4.78, 5) is 2.09. The van der Waals surface area contributed by atoms with E-state index in [9.17, 15) is 0 Å². The molecule has 0 amide bonds. The first-order chi connectivity index (χ1) is 6.02. The molecule has 0 bridgehead atoms. The van der Waals surface area contributed by atoms with Crippen LogP contribution in [-0.2, 0) is 0 Å². The molecule has 0 heterocycles. The molecular weight excluding hydrogens is 226 g/mol. The van der Waals surface area contributed by atoms with Crippen molar-refractivity contribution in [3.63, 3.8) is 0 Å². The van der Waals surface area contributed by atoms with Crippen LogP contribution in [0.15, 0.2) is 29.3 Å². The predicted octanol–water partition coefficient (Wildman–Crippen LogP) is 3.55. The average molecular weight is 240 g/mol. The Balaban J connectivity index is 3.26. The van der Waals surface area contributed by atoms with E-state index in [1.165, 1.54) is 11.3 Å². The molecule has 0 saturated carbocycles. The Morgan fingerprint density at radius 1 is 1.38 bits per heavy atom. The minimum absolute atomic E-state index is 1.09. The first kappa shape index (κ1) is 10.3. The van der Waals surface area contributed by atoms with Gasteiger partial charge in [0, 0.05) is 29.8 Å². The molecule has 70 valence electrons. The highest BCUT2D eigenvalue weighted by atomic mass is 79.9. The lowest BCUT2D eigenvalue weighted by Crippen LogP contribution is -2.10. The smallest absolute Gasteiger partial charge is 0.0448 e. The Bertz CT molecular complexity index is 329. The fourth-order valence-corrected chi connectivity index (χ4v) is 1.58. The summed E-state index contributed by atoms with van der Waals surface area (Å²) in [5.74, 6) is 0. The van der Waals surface area contributed by atoms with Gasteiger partial charge in [-0.05, 0) is 24.6 Å². The van der Waals surface area contributed by atoms with Crippen molar-refractivity contribution in [1.82, 2.24) is 0 Å². The van der Waals surface area contributed by atoms with E-state index in [4.69, 9.17) is 0 Å². The quantitative estimate of drug-likeness (QED) is 0.764. The second-order valence-corrected chi connectivity index (χ2v) is 4.25. The highest BCUT2D eigenvalue weighted by molar-refractivity contribution is 9.10. The van der Waals surface area contributed by atoms with Crippen molar-refractivity contribution < 1.29 is 0 Å². The topological polar surface area (TPSA) is 3.24 Å². The second-order valence-electron chi connectivity index (χ2n) is 3.34. The number of rotatable bonds is 2. The molecule has 0 aliphatic heterocycles. The number of hydrogen-bond donors (Lipinski definition) is 0. The number of benzene rings is 1. The molecule has 0 aliphatic rings. The van der Waals surface area contributed by atoms with Gasteiger partial charge in [-0.15, -0.1) is 0 Å². The maximum atomic E-state index is 3.96. The van der Waals surface area contributed by atoms with Crippen molar-refractivity contribution in [3.8, 4) is 0 Å². The van der Waals surface area contributed by atoms with Crippen LogP contribution in [0.1, 0.15) is 12.5 Å². The lowest BCUT2D eigenvalue weighted by molar-refractivity contribution is 1.12. The van der Waals surface area contributed by atoms with E-state index in [-0.39, 0.29) is 0 Å². The first-order valence-electron chi connectivity index (χ1n) is 4.15. The molecule has 13 heavy (non-hydrogen) atoms. The van der Waals surface area contributed by atoms with Crippen LogP contribution in [-0.4, -0.2) is 14.1 Å². The van der Waals surface area contributed by atoms with Crippen LogP contribution >= 0.6 is 15.9 Å². The molecule has 2 heteroatoms. The summed E-state index contributed by atoms with van der Waals surface area (Å²) in [6.45, 7) is 5.98. The largest absolute Gasteiger partial charge is 0.377 e. The summed E-state index contributed by atoms with van der Waals surface area (Å²) in [6, 6.07) is 6.22. The minimum atomic E-state index is 1.09. The SMILES string of the molecule is C=C(C)c1ccc(Br)cc1N(C)C. The van der Waals surface area contributed by atoms with Crippen molar-refractivity contribution in [2.45, 2.75) is 6.92 Å². The molecule has 1 aromatic rings. The Morgan fingerprint density at radius 3 is 2.46 bits per heavy atom. The monoisotopic (exact) mass is 239 g/mol. The van der Waals surface area contributed by atoms with Crippen molar-refractivity contribution in [2.24, 2.45) is 0 Å². The molecule has 0 spiro atoms. The molecular formula is C11H14BrN. The van der Waals surface area contributed by atoms with Gasteiger partial charge in [0.2, 0.25) is 0 Å². The standard InChI is InChI=1S/C11H14BrN/c1-8(2)10-6-5-9(12)7-11(10)13(3)4/h5-7H,1H2,2-4H3. The summed E-state index contributed by atoms with van der Waals surface area (Å²) >= 11 is 3.46. The van der Waals surface area contributed by atoms with Gasteiger partial charge in [0.1, 0.15) is 0 Å². The number of halogens is 1. The van der Waals surface area contributed by atoms with Crippen molar-refractivity contribution >= 4 is 27.2 Å². The van der Waals surface area contributed by atoms with Crippen molar-refractivity contribution in [2.75, 3.05) is 19.0 Å². The molecule has 0 saturated heterocycles. The Kier molecular flexibility index (Phi) is 3.15. The number of nitrogens with zero attached hydrogens (tertiary/aromatic N) is 1. The van der Waals surface area contributed by atoms with Gasteiger partial charge in [-0.2, -0.15) is 0 Å². The van der Waals surface area contributed by atoms with E-state index in [0.717, 1.165) is 10.0 Å². The van der Waals surface area contributed by atoms with Gasteiger partial charge in [0.15, 0.2) is 0 Å². The fraction of sp³-hybridized carbons (Fsp3) is 0.273. The predicted molar refractivity (Wildman–Crippen MR) is 63.2 cm³/mol. The van der Waals surface area contributed by atoms with E-state index in [0.29, 0.717) is 0 Å². The third kappa shape index (κ3) is 2.34. The van der Waals surface area contributed by atoms with Crippen LogP contribution in [0.5, 0.6) is 0 Å². The molecule has 0 radical (unpaired) electrons. The maximum Gasteiger partial charge on any atom is 0.0448 e. The van der Waals surface area contributed by atoms with Crippen LogP contribution in [0.3, 0.4) is 0 Å². The van der Waals surface area contributed by atoms with Gasteiger partial charge in [0.05, 0.1) is 0 Å². The van der Waals surface area contributed by atoms with E-state index < -0.39 is 0 Å². The average Bonchev–Trinajstić information content (AvgIpc) is 2.03. The lowest BCUT2D eigenvalue weighted by Gasteiger charge is -2.17. The van der Waals surface area contributed by atoms with Crippen LogP contribution in [0, 0.1) is 0 Å². The van der Waals surface area contributed by atoms with Gasteiger partial charge in [0.25, 0.3) is 0 Å². The number of anilines is 1.